The van der Waals surface area contributed by atoms with Gasteiger partial charge in [-0.1, -0.05) is 40.0 Å². The Hall–Kier alpha value is -2.16. The van der Waals surface area contributed by atoms with Gasteiger partial charge in [0.05, 0.1) is 5.92 Å². The zero-order valence-corrected chi connectivity index (χ0v) is 25.5. The molecule has 3 saturated heterocycles. The smallest absolute Gasteiger partial charge is 0.226 e. The molecule has 1 spiro atoms. The van der Waals surface area contributed by atoms with Crippen LogP contribution in [0.15, 0.2) is 0 Å². The summed E-state index contributed by atoms with van der Waals surface area (Å²) in [5.41, 5.74) is 5.30. The number of nitrogens with zero attached hydrogens (tertiary/aromatic N) is 3. The molecule has 40 heavy (non-hydrogen) atoms. The highest BCUT2D eigenvalue weighted by Crippen LogP contribution is 2.54. The zero-order chi connectivity index (χ0) is 29.5. The van der Waals surface area contributed by atoms with Gasteiger partial charge in [-0.15, -0.1) is 0 Å². The second kappa shape index (κ2) is 14.1. The molecule has 0 aromatic heterocycles. The molecule has 0 radical (unpaired) electrons. The monoisotopic (exact) mass is 564 g/mol. The number of rotatable bonds is 5. The molecule has 0 bridgehead atoms. The average Bonchev–Trinajstić information content (AvgIpc) is 3.37. The summed E-state index contributed by atoms with van der Waals surface area (Å²) in [5, 5.41) is 8.69. The summed E-state index contributed by atoms with van der Waals surface area (Å²) >= 11 is 0. The lowest BCUT2D eigenvalue weighted by Crippen LogP contribution is -2.64. The van der Waals surface area contributed by atoms with Gasteiger partial charge in [0.15, 0.2) is 0 Å². The third kappa shape index (κ3) is 8.20. The molecule has 0 aromatic carbocycles. The minimum absolute atomic E-state index is 0. The van der Waals surface area contributed by atoms with E-state index < -0.39 is 0 Å². The Labute approximate surface area is 242 Å². The number of amides is 4. The van der Waals surface area contributed by atoms with Crippen LogP contribution in [0.1, 0.15) is 99.8 Å². The van der Waals surface area contributed by atoms with E-state index in [1.54, 1.807) is 4.90 Å². The van der Waals surface area contributed by atoms with Crippen molar-refractivity contribution in [1.82, 2.24) is 14.7 Å². The number of aliphatic hydroxyl groups excluding tert-OH is 1. The number of hydrogen-bond donors (Lipinski definition) is 2. The van der Waals surface area contributed by atoms with Crippen LogP contribution in [0.2, 0.25) is 0 Å². The fourth-order valence-corrected chi connectivity index (χ4v) is 6.78. The van der Waals surface area contributed by atoms with Crippen LogP contribution in [0.5, 0.6) is 0 Å². The number of piperidine rings is 1. The molecule has 5 rings (SSSR count). The first-order valence-electron chi connectivity index (χ1n) is 15.7. The van der Waals surface area contributed by atoms with Crippen molar-refractivity contribution in [3.05, 3.63) is 0 Å². The number of carbonyl (C=O) groups excluding carboxylic acids is 4. The van der Waals surface area contributed by atoms with Crippen molar-refractivity contribution in [2.75, 3.05) is 45.9 Å². The Kier molecular flexibility index (Phi) is 11.4. The Morgan fingerprint density at radius 3 is 1.88 bits per heavy atom. The van der Waals surface area contributed by atoms with E-state index in [2.05, 4.69) is 20.8 Å². The SMILES string of the molecule is CC(=O)N1C[C@@H](C(N)=O)C2(C1)CN(C(=O)[C@H]1CC1(C)C)C2.CCCC(=O)N1CCCCC1.OCC1CCCCC1.[HH]. The van der Waals surface area contributed by atoms with E-state index in [1.807, 2.05) is 9.80 Å². The van der Waals surface area contributed by atoms with Crippen LogP contribution in [0, 0.1) is 28.6 Å². The van der Waals surface area contributed by atoms with E-state index in [0.29, 0.717) is 44.6 Å². The van der Waals surface area contributed by atoms with Crippen LogP contribution >= 0.6 is 0 Å². The first-order valence-corrected chi connectivity index (χ1v) is 15.7. The molecular weight excluding hydrogens is 508 g/mol. The molecule has 5 fully saturated rings. The minimum atomic E-state index is -0.363. The van der Waals surface area contributed by atoms with Gasteiger partial charge in [-0.2, -0.15) is 0 Å². The molecule has 4 amide bonds. The van der Waals surface area contributed by atoms with Crippen molar-refractivity contribution >= 4 is 23.6 Å². The van der Waals surface area contributed by atoms with Crippen LogP contribution < -0.4 is 5.73 Å². The van der Waals surface area contributed by atoms with Crippen LogP contribution in [0.25, 0.3) is 0 Å². The third-order valence-corrected chi connectivity index (χ3v) is 9.73. The lowest BCUT2D eigenvalue weighted by molar-refractivity contribution is -0.151. The van der Waals surface area contributed by atoms with Crippen LogP contribution in [0.4, 0.5) is 0 Å². The summed E-state index contributed by atoms with van der Waals surface area (Å²) in [7, 11) is 0. The molecule has 2 saturated carbocycles. The molecule has 3 N–H and O–H groups in total. The molecule has 3 aliphatic heterocycles. The number of primary amides is 1. The zero-order valence-electron chi connectivity index (χ0n) is 25.5. The van der Waals surface area contributed by atoms with Gasteiger partial charge in [0.2, 0.25) is 23.6 Å². The molecule has 0 aromatic rings. The fraction of sp³-hybridized carbons (Fsp3) is 0.871. The van der Waals surface area contributed by atoms with Gasteiger partial charge in [-0.3, -0.25) is 19.2 Å². The maximum absolute atomic E-state index is 12.4. The Balaban J connectivity index is 0.000000246. The molecule has 9 heteroatoms. The van der Waals surface area contributed by atoms with E-state index in [-0.39, 0.29) is 41.8 Å². The topological polar surface area (TPSA) is 124 Å². The van der Waals surface area contributed by atoms with Gasteiger partial charge in [-0.05, 0) is 56.3 Å². The molecule has 2 aliphatic carbocycles. The van der Waals surface area contributed by atoms with E-state index >= 15 is 0 Å². The van der Waals surface area contributed by atoms with Gasteiger partial charge >= 0.3 is 0 Å². The van der Waals surface area contributed by atoms with Crippen molar-refractivity contribution in [2.24, 2.45) is 34.3 Å². The number of likely N-dealkylation sites (tertiary alicyclic amines) is 3. The predicted molar refractivity (Wildman–Crippen MR) is 157 cm³/mol. The van der Waals surface area contributed by atoms with Crippen molar-refractivity contribution < 1.29 is 25.7 Å². The molecular formula is C31H56N4O5. The summed E-state index contributed by atoms with van der Waals surface area (Å²) in [6.07, 6.45) is 12.9. The Morgan fingerprint density at radius 2 is 1.43 bits per heavy atom. The van der Waals surface area contributed by atoms with Crippen molar-refractivity contribution in [3.8, 4) is 0 Å². The normalized spacial score (nSPS) is 26.6. The number of hydrogen-bond acceptors (Lipinski definition) is 5. The maximum atomic E-state index is 12.4. The van der Waals surface area contributed by atoms with Crippen LogP contribution in [-0.4, -0.2) is 89.3 Å². The largest absolute Gasteiger partial charge is 0.396 e. The summed E-state index contributed by atoms with van der Waals surface area (Å²) in [5.74, 6) is 0.569. The average molecular weight is 565 g/mol. The summed E-state index contributed by atoms with van der Waals surface area (Å²) in [6.45, 7) is 12.2. The summed E-state index contributed by atoms with van der Waals surface area (Å²) in [6, 6.07) is 0. The number of carbonyl (C=O) groups is 4. The van der Waals surface area contributed by atoms with Crippen molar-refractivity contribution in [3.63, 3.8) is 0 Å². The van der Waals surface area contributed by atoms with Gasteiger partial charge in [0.1, 0.15) is 0 Å². The van der Waals surface area contributed by atoms with Crippen LogP contribution in [0.3, 0.4) is 0 Å². The molecule has 5 aliphatic rings. The lowest BCUT2D eigenvalue weighted by Gasteiger charge is -2.50. The molecule has 3 heterocycles. The maximum Gasteiger partial charge on any atom is 0.226 e. The fourth-order valence-electron chi connectivity index (χ4n) is 6.78. The summed E-state index contributed by atoms with van der Waals surface area (Å²) in [4.78, 5) is 52.4. The second-order valence-electron chi connectivity index (χ2n) is 13.5. The van der Waals surface area contributed by atoms with Gasteiger partial charge in [0, 0.05) is 72.0 Å². The molecule has 230 valence electrons. The Bertz CT molecular complexity index is 895. The number of aliphatic hydroxyl groups is 1. The minimum Gasteiger partial charge on any atom is -0.396 e. The van der Waals surface area contributed by atoms with E-state index in [1.165, 1.54) is 58.3 Å². The van der Waals surface area contributed by atoms with Gasteiger partial charge < -0.3 is 25.5 Å². The van der Waals surface area contributed by atoms with Gasteiger partial charge in [-0.25, -0.2) is 0 Å². The third-order valence-electron chi connectivity index (χ3n) is 9.73. The van der Waals surface area contributed by atoms with Crippen molar-refractivity contribution in [2.45, 2.75) is 98.3 Å². The van der Waals surface area contributed by atoms with E-state index in [9.17, 15) is 19.2 Å². The number of nitrogens with two attached hydrogens (primary N) is 1. The molecule has 2 atom stereocenters. The highest BCUT2D eigenvalue weighted by Gasteiger charge is 2.61. The lowest BCUT2D eigenvalue weighted by atomic mass is 9.71. The highest BCUT2D eigenvalue weighted by molar-refractivity contribution is 5.85. The first kappa shape index (κ1) is 32.4. The van der Waals surface area contributed by atoms with E-state index in [4.69, 9.17) is 10.8 Å². The molecule has 0 unspecified atom stereocenters. The first-order chi connectivity index (χ1) is 18.9. The second-order valence-corrected chi connectivity index (χ2v) is 13.5. The standard InChI is InChI=1S/C15H23N3O3.C9H17NO.C7H14O.H2/c1-9(19)17-5-11(12(16)20)15(6-17)7-18(8-15)13(21)10-4-14(10,2)3;1-2-6-9(11)10-7-4-3-5-8-10;8-6-7-4-2-1-3-5-7;/h10-11H,4-8H2,1-3H3,(H2,16,20);2-8H2,1H3;7-8H,1-6H2;1H/t10-,11+;;;/m1.../s1. The quantitative estimate of drug-likeness (QED) is 0.529. The van der Waals surface area contributed by atoms with E-state index in [0.717, 1.165) is 32.4 Å². The highest BCUT2D eigenvalue weighted by atomic mass is 16.3. The summed E-state index contributed by atoms with van der Waals surface area (Å²) < 4.78 is 0. The van der Waals surface area contributed by atoms with Crippen LogP contribution in [-0.2, 0) is 19.2 Å². The van der Waals surface area contributed by atoms with Crippen molar-refractivity contribution in [1.29, 1.82) is 0 Å². The molecule has 9 nitrogen and oxygen atoms in total. The van der Waals surface area contributed by atoms with Gasteiger partial charge in [0.25, 0.3) is 0 Å². The predicted octanol–water partition coefficient (Wildman–Crippen LogP) is 3.43. The Morgan fingerprint density at radius 1 is 0.875 bits per heavy atom.